The Morgan fingerprint density at radius 1 is 1.62 bits per heavy atom. The summed E-state index contributed by atoms with van der Waals surface area (Å²) in [4.78, 5) is 18.5. The van der Waals surface area contributed by atoms with Crippen LogP contribution < -0.4 is 0 Å². The Balaban J connectivity index is 2.20. The number of piperidine rings is 1. The van der Waals surface area contributed by atoms with Crippen molar-refractivity contribution in [2.45, 2.75) is 19.4 Å². The van der Waals surface area contributed by atoms with Gasteiger partial charge in [-0.1, -0.05) is 18.8 Å². The molecule has 0 spiro atoms. The molecule has 1 aliphatic rings. The van der Waals surface area contributed by atoms with E-state index in [0.29, 0.717) is 23.6 Å². The molecule has 112 valence electrons. The second kappa shape index (κ2) is 7.21. The van der Waals surface area contributed by atoms with Crippen LogP contribution >= 0.6 is 0 Å². The number of nitrogens with zero attached hydrogens (tertiary/aromatic N) is 2. The molecule has 1 saturated heterocycles. The highest BCUT2D eigenvalue weighted by Crippen LogP contribution is 2.21. The summed E-state index contributed by atoms with van der Waals surface area (Å²) in [5, 5.41) is 8.80. The van der Waals surface area contributed by atoms with Gasteiger partial charge in [0, 0.05) is 32.6 Å². The second-order valence-corrected chi connectivity index (χ2v) is 5.17. The number of pyridine rings is 1. The van der Waals surface area contributed by atoms with Crippen molar-refractivity contribution in [1.82, 2.24) is 9.88 Å². The molecular weight excluding hydrogens is 268 g/mol. The standard InChI is InChI=1S/C16H20N2O3/c1-12-6-8-18(11-15(12)21-2)16(20)14-5-7-17-10-13(14)4-3-9-19/h5,7,10,12,15,19H,6,8-9,11H2,1-2H3. The first-order chi connectivity index (χ1) is 10.2. The van der Waals surface area contributed by atoms with Gasteiger partial charge in [-0.15, -0.1) is 0 Å². The van der Waals surface area contributed by atoms with Crippen LogP contribution in [-0.2, 0) is 4.74 Å². The van der Waals surface area contributed by atoms with Crippen molar-refractivity contribution >= 4 is 5.91 Å². The van der Waals surface area contributed by atoms with E-state index >= 15 is 0 Å². The summed E-state index contributed by atoms with van der Waals surface area (Å²) in [5.41, 5.74) is 1.07. The molecule has 2 rings (SSSR count). The maximum absolute atomic E-state index is 12.7. The molecule has 1 aromatic heterocycles. The maximum atomic E-state index is 12.7. The van der Waals surface area contributed by atoms with Crippen molar-refractivity contribution in [2.75, 3.05) is 26.8 Å². The fourth-order valence-electron chi connectivity index (χ4n) is 2.51. The van der Waals surface area contributed by atoms with Crippen LogP contribution in [0.15, 0.2) is 18.5 Å². The molecular formula is C16H20N2O3. The van der Waals surface area contributed by atoms with E-state index in [9.17, 15) is 4.79 Å². The largest absolute Gasteiger partial charge is 0.384 e. The lowest BCUT2D eigenvalue weighted by Gasteiger charge is -2.36. The number of hydrogen-bond donors (Lipinski definition) is 1. The van der Waals surface area contributed by atoms with E-state index in [0.717, 1.165) is 13.0 Å². The van der Waals surface area contributed by atoms with Crippen LogP contribution in [0.4, 0.5) is 0 Å². The Hall–Kier alpha value is -1.90. The number of likely N-dealkylation sites (tertiary alicyclic amines) is 1. The van der Waals surface area contributed by atoms with Gasteiger partial charge in [0.1, 0.15) is 6.61 Å². The van der Waals surface area contributed by atoms with Crippen LogP contribution in [0.2, 0.25) is 0 Å². The van der Waals surface area contributed by atoms with Gasteiger partial charge >= 0.3 is 0 Å². The summed E-state index contributed by atoms with van der Waals surface area (Å²) in [6, 6.07) is 1.67. The Morgan fingerprint density at radius 2 is 2.43 bits per heavy atom. The van der Waals surface area contributed by atoms with Gasteiger partial charge in [0.15, 0.2) is 0 Å². The Labute approximate surface area is 124 Å². The Bertz CT molecular complexity index is 562. The molecule has 0 aromatic carbocycles. The molecule has 1 aromatic rings. The quantitative estimate of drug-likeness (QED) is 0.822. The number of carbonyl (C=O) groups excluding carboxylic acids is 1. The average Bonchev–Trinajstić information content (AvgIpc) is 2.53. The molecule has 2 atom stereocenters. The number of methoxy groups -OCH3 is 1. The predicted octanol–water partition coefficient (Wildman–Crippen LogP) is 0.922. The number of hydrogen-bond acceptors (Lipinski definition) is 4. The van der Waals surface area contributed by atoms with Crippen molar-refractivity contribution in [3.05, 3.63) is 29.6 Å². The third-order valence-corrected chi connectivity index (χ3v) is 3.83. The molecule has 1 amide bonds. The Kier molecular flexibility index (Phi) is 5.32. The molecule has 0 saturated carbocycles. The molecule has 1 aliphatic heterocycles. The van der Waals surface area contributed by atoms with E-state index < -0.39 is 0 Å². The third-order valence-electron chi connectivity index (χ3n) is 3.83. The minimum absolute atomic E-state index is 0.0615. The average molecular weight is 288 g/mol. The van der Waals surface area contributed by atoms with Crippen LogP contribution in [-0.4, -0.2) is 53.8 Å². The van der Waals surface area contributed by atoms with Crippen molar-refractivity contribution in [1.29, 1.82) is 0 Å². The van der Waals surface area contributed by atoms with Crippen molar-refractivity contribution in [3.63, 3.8) is 0 Å². The minimum Gasteiger partial charge on any atom is -0.384 e. The summed E-state index contributed by atoms with van der Waals surface area (Å²) in [6.07, 6.45) is 4.12. The predicted molar refractivity (Wildman–Crippen MR) is 78.7 cm³/mol. The number of carbonyl (C=O) groups is 1. The topological polar surface area (TPSA) is 62.7 Å². The molecule has 1 fully saturated rings. The number of aromatic nitrogens is 1. The first-order valence-electron chi connectivity index (χ1n) is 7.03. The molecule has 0 radical (unpaired) electrons. The van der Waals surface area contributed by atoms with E-state index in [1.54, 1.807) is 30.5 Å². The highest BCUT2D eigenvalue weighted by molar-refractivity contribution is 5.96. The summed E-state index contributed by atoms with van der Waals surface area (Å²) in [5.74, 6) is 5.72. The number of aliphatic hydroxyl groups excluding tert-OH is 1. The number of ether oxygens (including phenoxy) is 1. The first-order valence-corrected chi connectivity index (χ1v) is 7.03. The smallest absolute Gasteiger partial charge is 0.255 e. The number of amides is 1. The van der Waals surface area contributed by atoms with Crippen molar-refractivity contribution in [3.8, 4) is 11.8 Å². The van der Waals surface area contributed by atoms with Gasteiger partial charge in [-0.25, -0.2) is 0 Å². The van der Waals surface area contributed by atoms with Gasteiger partial charge in [0.05, 0.1) is 17.2 Å². The summed E-state index contributed by atoms with van der Waals surface area (Å²) in [6.45, 7) is 3.21. The summed E-state index contributed by atoms with van der Waals surface area (Å²) < 4.78 is 5.45. The molecule has 0 bridgehead atoms. The lowest BCUT2D eigenvalue weighted by atomic mass is 9.95. The Morgan fingerprint density at radius 3 is 3.14 bits per heavy atom. The van der Waals surface area contributed by atoms with Crippen molar-refractivity contribution < 1.29 is 14.6 Å². The molecule has 5 heteroatoms. The summed E-state index contributed by atoms with van der Waals surface area (Å²) >= 11 is 0. The van der Waals surface area contributed by atoms with Gasteiger partial charge in [-0.3, -0.25) is 9.78 Å². The van der Waals surface area contributed by atoms with Crippen molar-refractivity contribution in [2.24, 2.45) is 5.92 Å². The maximum Gasteiger partial charge on any atom is 0.255 e. The van der Waals surface area contributed by atoms with E-state index in [1.165, 1.54) is 0 Å². The van der Waals surface area contributed by atoms with Gasteiger partial charge in [-0.2, -0.15) is 0 Å². The van der Waals surface area contributed by atoms with Gasteiger partial charge < -0.3 is 14.7 Å². The van der Waals surface area contributed by atoms with Gasteiger partial charge in [-0.05, 0) is 18.4 Å². The minimum atomic E-state index is -0.241. The SMILES string of the molecule is COC1CN(C(=O)c2ccncc2C#CCO)CCC1C. The molecule has 2 heterocycles. The highest BCUT2D eigenvalue weighted by Gasteiger charge is 2.29. The fraction of sp³-hybridized carbons (Fsp3) is 0.500. The van der Waals surface area contributed by atoms with Crippen LogP contribution in [0.3, 0.4) is 0 Å². The van der Waals surface area contributed by atoms with E-state index in [4.69, 9.17) is 9.84 Å². The molecule has 5 nitrogen and oxygen atoms in total. The van der Waals surface area contributed by atoms with E-state index in [2.05, 4.69) is 23.7 Å². The second-order valence-electron chi connectivity index (χ2n) is 5.17. The fourth-order valence-corrected chi connectivity index (χ4v) is 2.51. The zero-order valence-corrected chi connectivity index (χ0v) is 12.4. The molecule has 21 heavy (non-hydrogen) atoms. The van der Waals surface area contributed by atoms with Crippen LogP contribution in [0.5, 0.6) is 0 Å². The van der Waals surface area contributed by atoms with E-state index in [1.807, 2.05) is 0 Å². The van der Waals surface area contributed by atoms with Crippen LogP contribution in [0.25, 0.3) is 0 Å². The first kappa shape index (κ1) is 15.5. The zero-order valence-electron chi connectivity index (χ0n) is 12.4. The number of aliphatic hydroxyl groups is 1. The van der Waals surface area contributed by atoms with Crippen LogP contribution in [0.1, 0.15) is 29.3 Å². The third kappa shape index (κ3) is 3.60. The zero-order chi connectivity index (χ0) is 15.2. The summed E-state index contributed by atoms with van der Waals surface area (Å²) in [7, 11) is 1.68. The molecule has 0 aliphatic carbocycles. The monoisotopic (exact) mass is 288 g/mol. The van der Waals surface area contributed by atoms with E-state index in [-0.39, 0.29) is 18.6 Å². The van der Waals surface area contributed by atoms with Crippen LogP contribution in [0, 0.1) is 17.8 Å². The van der Waals surface area contributed by atoms with Gasteiger partial charge in [0.2, 0.25) is 0 Å². The number of rotatable bonds is 2. The van der Waals surface area contributed by atoms with Gasteiger partial charge in [0.25, 0.3) is 5.91 Å². The lowest BCUT2D eigenvalue weighted by Crippen LogP contribution is -2.46. The normalized spacial score (nSPS) is 21.6. The lowest BCUT2D eigenvalue weighted by molar-refractivity contribution is -0.00158. The highest BCUT2D eigenvalue weighted by atomic mass is 16.5. The molecule has 1 N–H and O–H groups in total. The molecule has 2 unspecified atom stereocenters.